The van der Waals surface area contributed by atoms with Gasteiger partial charge in [-0.1, -0.05) is 40.0 Å². The maximum atomic E-state index is 2.28. The molecule has 0 amide bonds. The summed E-state index contributed by atoms with van der Waals surface area (Å²) in [5.74, 6) is 0. The first-order valence-corrected chi connectivity index (χ1v) is 6.26. The van der Waals surface area contributed by atoms with Crippen molar-refractivity contribution in [3.05, 3.63) is 59.2 Å². The third kappa shape index (κ3) is 4.93. The second-order valence-corrected chi connectivity index (χ2v) is 3.89. The predicted octanol–water partition coefficient (Wildman–Crippen LogP) is 4.50. The molecule has 0 atom stereocenters. The molecule has 0 saturated heterocycles. The van der Waals surface area contributed by atoms with Gasteiger partial charge in [0.15, 0.2) is 0 Å². The van der Waals surface area contributed by atoms with Gasteiger partial charge in [-0.15, -0.1) is 0 Å². The molecule has 0 heterocycles. The van der Waals surface area contributed by atoms with Crippen LogP contribution in [0.1, 0.15) is 37.5 Å². The second-order valence-electron chi connectivity index (χ2n) is 3.89. The zero-order valence-corrected chi connectivity index (χ0v) is 12.1. The molecular formula is C16H22Fe. The maximum absolute atomic E-state index is 2.28. The zero-order valence-electron chi connectivity index (χ0n) is 11.0. The van der Waals surface area contributed by atoms with Crippen LogP contribution in [0.4, 0.5) is 0 Å². The van der Waals surface area contributed by atoms with Gasteiger partial charge in [-0.05, 0) is 0 Å². The van der Waals surface area contributed by atoms with E-state index in [-0.39, 0.29) is 17.1 Å². The Morgan fingerprint density at radius 1 is 1.06 bits per heavy atom. The van der Waals surface area contributed by atoms with Gasteiger partial charge in [-0.3, -0.25) is 0 Å². The molecule has 0 radical (unpaired) electrons. The molecule has 0 aliphatic rings. The van der Waals surface area contributed by atoms with Crippen molar-refractivity contribution >= 4 is 0 Å². The van der Waals surface area contributed by atoms with Crippen molar-refractivity contribution in [1.82, 2.24) is 0 Å². The fourth-order valence-corrected chi connectivity index (χ4v) is 2.05. The van der Waals surface area contributed by atoms with Gasteiger partial charge in [-0.25, -0.2) is 18.2 Å². The number of rotatable bonds is 3. The summed E-state index contributed by atoms with van der Waals surface area (Å²) in [6.45, 7) is 6.70. The van der Waals surface area contributed by atoms with E-state index in [9.17, 15) is 0 Å². The largest absolute Gasteiger partial charge is 2.00 e. The third-order valence-corrected chi connectivity index (χ3v) is 2.93. The van der Waals surface area contributed by atoms with Crippen LogP contribution < -0.4 is 0 Å². The Labute approximate surface area is 116 Å². The Balaban J connectivity index is 0.000000360. The van der Waals surface area contributed by atoms with E-state index < -0.39 is 0 Å². The molecule has 0 fully saturated rings. The van der Waals surface area contributed by atoms with E-state index in [0.29, 0.717) is 0 Å². The summed E-state index contributed by atoms with van der Waals surface area (Å²) in [5, 5.41) is 0. The predicted molar refractivity (Wildman–Crippen MR) is 72.2 cm³/mol. The van der Waals surface area contributed by atoms with E-state index in [4.69, 9.17) is 0 Å². The summed E-state index contributed by atoms with van der Waals surface area (Å²) in [7, 11) is 0. The van der Waals surface area contributed by atoms with Crippen LogP contribution in [-0.2, 0) is 36.3 Å². The summed E-state index contributed by atoms with van der Waals surface area (Å²) >= 11 is 0. The van der Waals surface area contributed by atoms with Crippen LogP contribution in [0.2, 0.25) is 0 Å². The van der Waals surface area contributed by atoms with Crippen molar-refractivity contribution in [3.8, 4) is 0 Å². The van der Waals surface area contributed by atoms with Crippen molar-refractivity contribution in [3.63, 3.8) is 0 Å². The molecule has 2 rings (SSSR count). The molecule has 0 bridgehead atoms. The molecule has 17 heavy (non-hydrogen) atoms. The first kappa shape index (κ1) is 16.2. The van der Waals surface area contributed by atoms with Gasteiger partial charge < -0.3 is 0 Å². The molecular weight excluding hydrogens is 248 g/mol. The number of aryl methyl sites for hydroxylation is 2. The quantitative estimate of drug-likeness (QED) is 0.569. The molecule has 0 aromatic heterocycles. The minimum Gasteiger partial charge on any atom is -0.214 e. The van der Waals surface area contributed by atoms with Gasteiger partial charge >= 0.3 is 17.1 Å². The van der Waals surface area contributed by atoms with Gasteiger partial charge in [0.05, 0.1) is 0 Å². The van der Waals surface area contributed by atoms with E-state index in [1.54, 1.807) is 16.7 Å². The Morgan fingerprint density at radius 3 is 2.06 bits per heavy atom. The van der Waals surface area contributed by atoms with Crippen molar-refractivity contribution in [1.29, 1.82) is 0 Å². The van der Waals surface area contributed by atoms with Gasteiger partial charge in [0, 0.05) is 0 Å². The van der Waals surface area contributed by atoms with Crippen LogP contribution in [-0.4, -0.2) is 0 Å². The van der Waals surface area contributed by atoms with Gasteiger partial charge in [-0.2, -0.15) is 41.0 Å². The zero-order chi connectivity index (χ0) is 11.8. The molecule has 2 aromatic rings. The third-order valence-electron chi connectivity index (χ3n) is 2.93. The van der Waals surface area contributed by atoms with Crippen molar-refractivity contribution in [2.45, 2.75) is 40.0 Å². The molecule has 0 aliphatic carbocycles. The molecule has 2 aromatic carbocycles. The topological polar surface area (TPSA) is 0 Å². The molecule has 94 valence electrons. The monoisotopic (exact) mass is 270 g/mol. The van der Waals surface area contributed by atoms with Gasteiger partial charge in [0.2, 0.25) is 0 Å². The van der Waals surface area contributed by atoms with Gasteiger partial charge in [0.1, 0.15) is 0 Å². The minimum absolute atomic E-state index is 0. The number of hydrogen-bond donors (Lipinski definition) is 0. The molecule has 0 N–H and O–H groups in total. The fraction of sp³-hybridized carbons (Fsp3) is 0.375. The van der Waals surface area contributed by atoms with Crippen molar-refractivity contribution in [2.75, 3.05) is 0 Å². The Bertz CT molecular complexity index is 329. The first-order chi connectivity index (χ1) is 7.83. The average molecular weight is 270 g/mol. The standard InChI is InChI=1S/C11H17.C5H5.Fe/c1-4-9-7-8-10(5-2)11(9)6-3;1-2-4-5-3-1;/h7-8H,4-6H2,1-3H3;1-5H;/q2*-1;+2. The second kappa shape index (κ2) is 9.27. The van der Waals surface area contributed by atoms with E-state index in [1.807, 2.05) is 30.3 Å². The van der Waals surface area contributed by atoms with Crippen molar-refractivity contribution in [2.24, 2.45) is 0 Å². The van der Waals surface area contributed by atoms with Crippen LogP contribution in [0, 0.1) is 0 Å². The molecule has 0 nitrogen and oxygen atoms in total. The van der Waals surface area contributed by atoms with E-state index in [1.165, 1.54) is 19.3 Å². The Hall–Kier alpha value is -0.781. The minimum atomic E-state index is 0. The summed E-state index contributed by atoms with van der Waals surface area (Å²) < 4.78 is 0. The SMILES string of the molecule is CCc1cc[c-](CC)c1CC.[Fe+2].c1cc[cH-]c1. The molecule has 0 spiro atoms. The van der Waals surface area contributed by atoms with Crippen molar-refractivity contribution < 1.29 is 17.1 Å². The van der Waals surface area contributed by atoms with Crippen LogP contribution in [0.3, 0.4) is 0 Å². The average Bonchev–Trinajstić information content (AvgIpc) is 3.00. The summed E-state index contributed by atoms with van der Waals surface area (Å²) in [6, 6.07) is 14.6. The van der Waals surface area contributed by atoms with Crippen LogP contribution in [0.15, 0.2) is 42.5 Å². The fourth-order valence-electron chi connectivity index (χ4n) is 2.05. The first-order valence-electron chi connectivity index (χ1n) is 6.26. The van der Waals surface area contributed by atoms with Crippen LogP contribution >= 0.6 is 0 Å². The van der Waals surface area contributed by atoms with E-state index in [0.717, 1.165) is 0 Å². The van der Waals surface area contributed by atoms with Crippen LogP contribution in [0.5, 0.6) is 0 Å². The molecule has 0 unspecified atom stereocenters. The maximum Gasteiger partial charge on any atom is 2.00 e. The van der Waals surface area contributed by atoms with Gasteiger partial charge in [0.25, 0.3) is 0 Å². The summed E-state index contributed by atoms with van der Waals surface area (Å²) in [6.07, 6.45) is 3.56. The smallest absolute Gasteiger partial charge is 0.214 e. The Morgan fingerprint density at radius 2 is 1.71 bits per heavy atom. The Kier molecular flexibility index (Phi) is 8.84. The normalized spacial score (nSPS) is 9.12. The molecule has 0 aliphatic heterocycles. The van der Waals surface area contributed by atoms with Crippen LogP contribution in [0.25, 0.3) is 0 Å². The molecule has 1 heteroatoms. The van der Waals surface area contributed by atoms with E-state index in [2.05, 4.69) is 32.9 Å². The molecule has 0 saturated carbocycles. The summed E-state index contributed by atoms with van der Waals surface area (Å²) in [4.78, 5) is 0. The number of hydrogen-bond acceptors (Lipinski definition) is 0. The van der Waals surface area contributed by atoms with E-state index >= 15 is 0 Å². The summed E-state index contributed by atoms with van der Waals surface area (Å²) in [5.41, 5.74) is 4.68.